The van der Waals surface area contributed by atoms with Crippen LogP contribution in [0.5, 0.6) is 0 Å². The zero-order valence-electron chi connectivity index (χ0n) is 21.6. The van der Waals surface area contributed by atoms with Crippen molar-refractivity contribution in [1.82, 2.24) is 9.80 Å². The summed E-state index contributed by atoms with van der Waals surface area (Å²) in [7, 11) is 1.45. The number of hydrogen-bond acceptors (Lipinski definition) is 7. The number of benzene rings is 3. The van der Waals surface area contributed by atoms with Crippen LogP contribution in [0.4, 0.5) is 10.1 Å². The molecule has 1 aromatic heterocycles. The Bertz CT molecular complexity index is 1570. The van der Waals surface area contributed by atoms with E-state index in [2.05, 4.69) is 0 Å². The van der Waals surface area contributed by atoms with Gasteiger partial charge in [0, 0.05) is 37.9 Å². The van der Waals surface area contributed by atoms with E-state index in [0.29, 0.717) is 16.5 Å². The monoisotopic (exact) mass is 547 g/mol. The van der Waals surface area contributed by atoms with Gasteiger partial charge in [-0.25, -0.2) is 4.39 Å². The molecule has 1 heterocycles. The average molecular weight is 548 g/mol. The normalized spacial score (nSPS) is 10.8. The largest absolute Gasteiger partial charge is 0.464 e. The Kier molecular flexibility index (Phi) is 8.97. The molecule has 40 heavy (non-hydrogen) atoms. The molecule has 3 aromatic carbocycles. The minimum Gasteiger partial charge on any atom is -0.464 e. The minimum absolute atomic E-state index is 0.0369. The maximum absolute atomic E-state index is 13.6. The lowest BCUT2D eigenvalue weighted by Crippen LogP contribution is -2.44. The first-order chi connectivity index (χ1) is 19.3. The van der Waals surface area contributed by atoms with Crippen LogP contribution in [0.3, 0.4) is 0 Å². The third-order valence-electron chi connectivity index (χ3n) is 6.26. The lowest BCUT2D eigenvalue weighted by molar-refractivity contribution is -0.384. The van der Waals surface area contributed by atoms with Gasteiger partial charge in [0.1, 0.15) is 17.9 Å². The topological polar surface area (TPSA) is 123 Å². The van der Waals surface area contributed by atoms with Crippen LogP contribution in [0.15, 0.2) is 88.3 Å². The summed E-state index contributed by atoms with van der Waals surface area (Å²) in [6.07, 6.45) is 1.31. The van der Waals surface area contributed by atoms with Gasteiger partial charge >= 0.3 is 0 Å². The van der Waals surface area contributed by atoms with Crippen LogP contribution >= 0.6 is 0 Å². The molecule has 10 nitrogen and oxygen atoms in total. The first-order valence-corrected chi connectivity index (χ1v) is 12.3. The Hall–Kier alpha value is -4.90. The SMILES string of the molecule is COCCN(CC(=O)N(Cc1ccc(F)cc1)Cc1coc2ccccc2c1=O)C(=O)c1ccc([N+](=O)[O-])cc1. The Labute approximate surface area is 228 Å². The van der Waals surface area contributed by atoms with Crippen LogP contribution in [-0.2, 0) is 22.6 Å². The maximum Gasteiger partial charge on any atom is 0.269 e. The number of non-ortho nitro benzene ring substituents is 1. The van der Waals surface area contributed by atoms with E-state index < -0.39 is 22.6 Å². The van der Waals surface area contributed by atoms with Gasteiger partial charge in [0.25, 0.3) is 11.6 Å². The van der Waals surface area contributed by atoms with Gasteiger partial charge < -0.3 is 19.0 Å². The van der Waals surface area contributed by atoms with E-state index in [0.717, 1.165) is 0 Å². The molecule has 0 fully saturated rings. The molecule has 0 aliphatic rings. The molecule has 0 unspecified atom stereocenters. The molecule has 4 aromatic rings. The van der Waals surface area contributed by atoms with Gasteiger partial charge in [0.2, 0.25) is 5.91 Å². The van der Waals surface area contributed by atoms with Gasteiger partial charge in [0.15, 0.2) is 5.43 Å². The number of carbonyl (C=O) groups excluding carboxylic acids is 2. The number of methoxy groups -OCH3 is 1. The number of halogens is 1. The summed E-state index contributed by atoms with van der Waals surface area (Å²) in [4.78, 5) is 53.1. The summed E-state index contributed by atoms with van der Waals surface area (Å²) in [6.45, 7) is -0.236. The van der Waals surface area contributed by atoms with E-state index in [1.165, 1.54) is 71.7 Å². The lowest BCUT2D eigenvalue weighted by Gasteiger charge is -2.28. The maximum atomic E-state index is 13.6. The fourth-order valence-corrected chi connectivity index (χ4v) is 4.10. The smallest absolute Gasteiger partial charge is 0.269 e. The fourth-order valence-electron chi connectivity index (χ4n) is 4.10. The molecule has 0 saturated carbocycles. The highest BCUT2D eigenvalue weighted by Crippen LogP contribution is 2.17. The van der Waals surface area contributed by atoms with E-state index in [4.69, 9.17) is 9.15 Å². The number of rotatable bonds is 11. The molecule has 0 aliphatic carbocycles. The summed E-state index contributed by atoms with van der Waals surface area (Å²) in [5.41, 5.74) is 0.957. The summed E-state index contributed by atoms with van der Waals surface area (Å²) in [6, 6.07) is 17.4. The molecule has 0 radical (unpaired) electrons. The first-order valence-electron chi connectivity index (χ1n) is 12.3. The van der Waals surface area contributed by atoms with E-state index in [1.807, 2.05) is 0 Å². The molecule has 0 bridgehead atoms. The van der Waals surface area contributed by atoms with E-state index in [-0.39, 0.29) is 55.0 Å². The Balaban J connectivity index is 1.62. The van der Waals surface area contributed by atoms with Gasteiger partial charge in [-0.3, -0.25) is 24.5 Å². The number of nitrogens with zero attached hydrogens (tertiary/aromatic N) is 3. The zero-order chi connectivity index (χ0) is 28.6. The Morgan fingerprint density at radius 2 is 1.68 bits per heavy atom. The van der Waals surface area contributed by atoms with Crippen molar-refractivity contribution in [2.45, 2.75) is 13.1 Å². The van der Waals surface area contributed by atoms with Crippen molar-refractivity contribution in [3.63, 3.8) is 0 Å². The predicted molar refractivity (Wildman–Crippen MR) is 144 cm³/mol. The highest BCUT2D eigenvalue weighted by molar-refractivity contribution is 5.96. The Morgan fingerprint density at radius 1 is 0.975 bits per heavy atom. The second-order valence-electron chi connectivity index (χ2n) is 8.99. The predicted octanol–water partition coefficient (Wildman–Crippen LogP) is 4.16. The summed E-state index contributed by atoms with van der Waals surface area (Å²) in [5.74, 6) is -1.44. The number of carbonyl (C=O) groups is 2. The number of ether oxygens (including phenoxy) is 1. The van der Waals surface area contributed by atoms with Gasteiger partial charge in [-0.1, -0.05) is 24.3 Å². The molecule has 4 rings (SSSR count). The van der Waals surface area contributed by atoms with Crippen molar-refractivity contribution < 1.29 is 28.1 Å². The van der Waals surface area contributed by atoms with Crippen LogP contribution in [0.25, 0.3) is 11.0 Å². The highest BCUT2D eigenvalue weighted by atomic mass is 19.1. The highest BCUT2D eigenvalue weighted by Gasteiger charge is 2.24. The van der Waals surface area contributed by atoms with Crippen molar-refractivity contribution in [2.24, 2.45) is 0 Å². The fraction of sp³-hybridized carbons (Fsp3) is 0.207. The van der Waals surface area contributed by atoms with Crippen LogP contribution < -0.4 is 5.43 Å². The van der Waals surface area contributed by atoms with Crippen LogP contribution in [0.1, 0.15) is 21.5 Å². The number of para-hydroxylation sites is 1. The summed E-state index contributed by atoms with van der Waals surface area (Å²) >= 11 is 0. The molecule has 2 amide bonds. The number of hydrogen-bond donors (Lipinski definition) is 0. The van der Waals surface area contributed by atoms with Gasteiger partial charge in [0.05, 0.1) is 35.3 Å². The van der Waals surface area contributed by atoms with Crippen molar-refractivity contribution in [2.75, 3.05) is 26.8 Å². The van der Waals surface area contributed by atoms with E-state index in [9.17, 15) is 28.9 Å². The molecule has 0 saturated heterocycles. The second-order valence-corrected chi connectivity index (χ2v) is 8.99. The van der Waals surface area contributed by atoms with Crippen LogP contribution in [0, 0.1) is 15.9 Å². The van der Waals surface area contributed by atoms with Gasteiger partial charge in [-0.05, 0) is 42.0 Å². The quantitative estimate of drug-likeness (QED) is 0.204. The summed E-state index contributed by atoms with van der Waals surface area (Å²) in [5, 5.41) is 11.4. The van der Waals surface area contributed by atoms with Gasteiger partial charge in [-0.15, -0.1) is 0 Å². The number of nitro groups is 1. The lowest BCUT2D eigenvalue weighted by atomic mass is 10.1. The van der Waals surface area contributed by atoms with Crippen molar-refractivity contribution >= 4 is 28.5 Å². The molecule has 206 valence electrons. The van der Waals surface area contributed by atoms with Crippen molar-refractivity contribution in [1.29, 1.82) is 0 Å². The molecule has 0 aliphatic heterocycles. The molecule has 0 N–H and O–H groups in total. The number of fused-ring (bicyclic) bond motifs is 1. The van der Waals surface area contributed by atoms with Gasteiger partial charge in [-0.2, -0.15) is 0 Å². The second kappa shape index (κ2) is 12.8. The third kappa shape index (κ3) is 6.75. The first kappa shape index (κ1) is 28.1. The number of amides is 2. The van der Waals surface area contributed by atoms with Crippen molar-refractivity contribution in [3.05, 3.63) is 122 Å². The number of nitro benzene ring substituents is 1. The van der Waals surface area contributed by atoms with Crippen LogP contribution in [-0.4, -0.2) is 53.3 Å². The molecule has 0 atom stereocenters. The van der Waals surface area contributed by atoms with Crippen LogP contribution in [0.2, 0.25) is 0 Å². The minimum atomic E-state index is -0.572. The van der Waals surface area contributed by atoms with E-state index >= 15 is 0 Å². The molecular weight excluding hydrogens is 521 g/mol. The summed E-state index contributed by atoms with van der Waals surface area (Å²) < 4.78 is 24.2. The molecule has 11 heteroatoms. The zero-order valence-corrected chi connectivity index (χ0v) is 21.6. The Morgan fingerprint density at radius 3 is 2.35 bits per heavy atom. The molecular formula is C29H26FN3O7. The van der Waals surface area contributed by atoms with E-state index in [1.54, 1.807) is 24.3 Å². The van der Waals surface area contributed by atoms with Crippen molar-refractivity contribution in [3.8, 4) is 0 Å². The molecule has 0 spiro atoms. The third-order valence-corrected chi connectivity index (χ3v) is 6.26. The standard InChI is InChI=1S/C29H26FN3O7/c1-39-15-14-31(29(36)21-8-12-24(13-9-21)33(37)38)18-27(34)32(16-20-6-10-23(30)11-7-20)17-22-19-40-26-5-3-2-4-25(26)28(22)35/h2-13,19H,14-18H2,1H3. The average Bonchev–Trinajstić information content (AvgIpc) is 2.97.